The molecule has 0 saturated heterocycles. The SMILES string of the molecule is COc1ccc(CNC(=O)CN(C)Cc2cccc(C#N)c2)cc1OC. The monoisotopic (exact) mass is 353 g/mol. The number of nitriles is 1. The third-order valence-electron chi connectivity index (χ3n) is 3.86. The maximum atomic E-state index is 12.2. The number of rotatable bonds is 8. The number of benzene rings is 2. The first-order valence-electron chi connectivity index (χ1n) is 8.21. The van der Waals surface area contributed by atoms with Gasteiger partial charge in [-0.15, -0.1) is 0 Å². The van der Waals surface area contributed by atoms with E-state index in [9.17, 15) is 4.79 Å². The first kappa shape index (κ1) is 19.3. The molecule has 0 fully saturated rings. The van der Waals surface area contributed by atoms with E-state index in [0.29, 0.717) is 30.2 Å². The van der Waals surface area contributed by atoms with Gasteiger partial charge in [0.2, 0.25) is 5.91 Å². The van der Waals surface area contributed by atoms with Crippen LogP contribution in [0.2, 0.25) is 0 Å². The van der Waals surface area contributed by atoms with E-state index in [1.54, 1.807) is 20.3 Å². The molecule has 6 nitrogen and oxygen atoms in total. The Kier molecular flexibility index (Phi) is 7.01. The van der Waals surface area contributed by atoms with Gasteiger partial charge in [0.05, 0.1) is 32.4 Å². The molecule has 2 aromatic rings. The molecule has 0 unspecified atom stereocenters. The summed E-state index contributed by atoms with van der Waals surface area (Å²) in [6.07, 6.45) is 0. The zero-order valence-electron chi connectivity index (χ0n) is 15.3. The summed E-state index contributed by atoms with van der Waals surface area (Å²) < 4.78 is 10.5. The molecule has 0 radical (unpaired) electrons. The predicted octanol–water partition coefficient (Wildman–Crippen LogP) is 2.32. The number of hydrogen-bond acceptors (Lipinski definition) is 5. The number of carbonyl (C=O) groups excluding carboxylic acids is 1. The Morgan fingerprint density at radius 3 is 2.58 bits per heavy atom. The molecule has 0 heterocycles. The van der Waals surface area contributed by atoms with Crippen molar-refractivity contribution < 1.29 is 14.3 Å². The van der Waals surface area contributed by atoms with Gasteiger partial charge in [-0.25, -0.2) is 0 Å². The molecular formula is C20H23N3O3. The standard InChI is InChI=1S/C20H23N3O3/c1-23(13-17-6-4-5-15(9-17)11-21)14-20(24)22-12-16-7-8-18(25-2)19(10-16)26-3/h4-10H,12-14H2,1-3H3,(H,22,24). The van der Waals surface area contributed by atoms with Gasteiger partial charge in [0.25, 0.3) is 0 Å². The molecule has 0 spiro atoms. The van der Waals surface area contributed by atoms with Crippen LogP contribution >= 0.6 is 0 Å². The van der Waals surface area contributed by atoms with Crippen LogP contribution in [0.3, 0.4) is 0 Å². The van der Waals surface area contributed by atoms with E-state index in [1.165, 1.54) is 0 Å². The molecule has 0 aliphatic carbocycles. The summed E-state index contributed by atoms with van der Waals surface area (Å²) in [5, 5.41) is 11.8. The molecule has 2 rings (SSSR count). The van der Waals surface area contributed by atoms with E-state index in [4.69, 9.17) is 14.7 Å². The van der Waals surface area contributed by atoms with Crippen molar-refractivity contribution in [2.24, 2.45) is 0 Å². The first-order chi connectivity index (χ1) is 12.5. The normalized spacial score (nSPS) is 10.3. The highest BCUT2D eigenvalue weighted by Gasteiger charge is 2.09. The van der Waals surface area contributed by atoms with Crippen molar-refractivity contribution in [2.45, 2.75) is 13.1 Å². The highest BCUT2D eigenvalue weighted by Crippen LogP contribution is 2.27. The van der Waals surface area contributed by atoms with Crippen LogP contribution in [0.4, 0.5) is 0 Å². The Bertz CT molecular complexity index is 799. The predicted molar refractivity (Wildman–Crippen MR) is 98.9 cm³/mol. The average Bonchev–Trinajstić information content (AvgIpc) is 2.66. The molecule has 0 aliphatic rings. The second-order valence-corrected chi connectivity index (χ2v) is 5.95. The lowest BCUT2D eigenvalue weighted by Gasteiger charge is -2.17. The molecule has 0 aliphatic heterocycles. The van der Waals surface area contributed by atoms with Gasteiger partial charge in [-0.2, -0.15) is 5.26 Å². The molecule has 1 amide bonds. The van der Waals surface area contributed by atoms with Crippen molar-refractivity contribution in [2.75, 3.05) is 27.8 Å². The third-order valence-corrected chi connectivity index (χ3v) is 3.86. The van der Waals surface area contributed by atoms with Gasteiger partial charge in [-0.3, -0.25) is 9.69 Å². The van der Waals surface area contributed by atoms with Crippen LogP contribution in [0.1, 0.15) is 16.7 Å². The summed E-state index contributed by atoms with van der Waals surface area (Å²) >= 11 is 0. The van der Waals surface area contributed by atoms with Crippen molar-refractivity contribution in [3.63, 3.8) is 0 Å². The smallest absolute Gasteiger partial charge is 0.234 e. The van der Waals surface area contributed by atoms with Gasteiger partial charge in [0.1, 0.15) is 0 Å². The molecule has 2 aromatic carbocycles. The van der Waals surface area contributed by atoms with Crippen molar-refractivity contribution in [1.29, 1.82) is 5.26 Å². The van der Waals surface area contributed by atoms with E-state index < -0.39 is 0 Å². The van der Waals surface area contributed by atoms with Gasteiger partial charge < -0.3 is 14.8 Å². The molecule has 0 saturated carbocycles. The van der Waals surface area contributed by atoms with Gasteiger partial charge in [0.15, 0.2) is 11.5 Å². The molecule has 0 aromatic heterocycles. The molecule has 0 bridgehead atoms. The number of ether oxygens (including phenoxy) is 2. The molecular weight excluding hydrogens is 330 g/mol. The minimum absolute atomic E-state index is 0.0706. The molecule has 136 valence electrons. The minimum atomic E-state index is -0.0706. The Morgan fingerprint density at radius 2 is 1.88 bits per heavy atom. The quantitative estimate of drug-likeness (QED) is 0.788. The van der Waals surface area contributed by atoms with Gasteiger partial charge in [-0.05, 0) is 42.4 Å². The molecule has 0 atom stereocenters. The van der Waals surface area contributed by atoms with Crippen LogP contribution in [0.15, 0.2) is 42.5 Å². The van der Waals surface area contributed by atoms with Gasteiger partial charge >= 0.3 is 0 Å². The summed E-state index contributed by atoms with van der Waals surface area (Å²) in [5.74, 6) is 1.22. The zero-order chi connectivity index (χ0) is 18.9. The first-order valence-corrected chi connectivity index (χ1v) is 8.21. The highest BCUT2D eigenvalue weighted by atomic mass is 16.5. The average molecular weight is 353 g/mol. The maximum absolute atomic E-state index is 12.2. The summed E-state index contributed by atoms with van der Waals surface area (Å²) in [5.41, 5.74) is 2.55. The topological polar surface area (TPSA) is 74.6 Å². The van der Waals surface area contributed by atoms with Crippen LogP contribution < -0.4 is 14.8 Å². The Hall–Kier alpha value is -3.04. The molecule has 6 heteroatoms. The van der Waals surface area contributed by atoms with Crippen LogP contribution in [0.5, 0.6) is 11.5 Å². The number of nitrogens with zero attached hydrogens (tertiary/aromatic N) is 2. The maximum Gasteiger partial charge on any atom is 0.234 e. The minimum Gasteiger partial charge on any atom is -0.493 e. The fourth-order valence-corrected chi connectivity index (χ4v) is 2.60. The fourth-order valence-electron chi connectivity index (χ4n) is 2.60. The van der Waals surface area contributed by atoms with Crippen LogP contribution in [-0.2, 0) is 17.9 Å². The van der Waals surface area contributed by atoms with Crippen molar-refractivity contribution in [3.05, 3.63) is 59.2 Å². The largest absolute Gasteiger partial charge is 0.493 e. The lowest BCUT2D eigenvalue weighted by Crippen LogP contribution is -2.34. The number of amides is 1. The van der Waals surface area contributed by atoms with Gasteiger partial charge in [0, 0.05) is 13.1 Å². The summed E-state index contributed by atoms with van der Waals surface area (Å²) in [6, 6.07) is 15.0. The number of nitrogens with one attached hydrogen (secondary N) is 1. The molecule has 1 N–H and O–H groups in total. The Labute approximate surface area is 153 Å². The Balaban J connectivity index is 1.85. The van der Waals surface area contributed by atoms with E-state index in [2.05, 4.69) is 11.4 Å². The number of likely N-dealkylation sites (N-methyl/N-ethyl adjacent to an activating group) is 1. The van der Waals surface area contributed by atoms with E-state index in [-0.39, 0.29) is 12.5 Å². The lowest BCUT2D eigenvalue weighted by atomic mass is 10.1. The Morgan fingerprint density at radius 1 is 1.12 bits per heavy atom. The van der Waals surface area contributed by atoms with Crippen LogP contribution in [0, 0.1) is 11.3 Å². The summed E-state index contributed by atoms with van der Waals surface area (Å²) in [7, 11) is 5.03. The lowest BCUT2D eigenvalue weighted by molar-refractivity contribution is -0.122. The van der Waals surface area contributed by atoms with E-state index >= 15 is 0 Å². The van der Waals surface area contributed by atoms with Crippen LogP contribution in [0.25, 0.3) is 0 Å². The molecule has 26 heavy (non-hydrogen) atoms. The second-order valence-electron chi connectivity index (χ2n) is 5.95. The number of carbonyl (C=O) groups is 1. The van der Waals surface area contributed by atoms with Crippen molar-refractivity contribution in [1.82, 2.24) is 10.2 Å². The van der Waals surface area contributed by atoms with Gasteiger partial charge in [-0.1, -0.05) is 18.2 Å². The summed E-state index contributed by atoms with van der Waals surface area (Å²) in [4.78, 5) is 14.1. The van der Waals surface area contributed by atoms with Crippen molar-refractivity contribution >= 4 is 5.91 Å². The fraction of sp³-hybridized carbons (Fsp3) is 0.300. The zero-order valence-corrected chi connectivity index (χ0v) is 15.3. The number of methoxy groups -OCH3 is 2. The summed E-state index contributed by atoms with van der Waals surface area (Å²) in [6.45, 7) is 1.28. The second kappa shape index (κ2) is 9.44. The van der Waals surface area contributed by atoms with E-state index in [1.807, 2.05) is 48.3 Å². The highest BCUT2D eigenvalue weighted by molar-refractivity contribution is 5.78. The number of hydrogen-bond donors (Lipinski definition) is 1. The van der Waals surface area contributed by atoms with Crippen molar-refractivity contribution in [3.8, 4) is 17.6 Å². The van der Waals surface area contributed by atoms with Crippen LogP contribution in [-0.4, -0.2) is 38.6 Å². The third kappa shape index (κ3) is 5.50. The van der Waals surface area contributed by atoms with E-state index in [0.717, 1.165) is 11.1 Å².